The summed E-state index contributed by atoms with van der Waals surface area (Å²) in [5, 5.41) is 4.58. The zero-order valence-electron chi connectivity index (χ0n) is 16.3. The van der Waals surface area contributed by atoms with Gasteiger partial charge in [-0.15, -0.1) is 12.4 Å². The van der Waals surface area contributed by atoms with Crippen LogP contribution < -0.4 is 14.8 Å². The van der Waals surface area contributed by atoms with E-state index < -0.39 is 0 Å². The summed E-state index contributed by atoms with van der Waals surface area (Å²) in [6.07, 6.45) is 3.62. The summed E-state index contributed by atoms with van der Waals surface area (Å²) in [6.45, 7) is 4.23. The molecule has 8 heteroatoms. The first-order chi connectivity index (χ1) is 14.1. The average molecular weight is 533 g/mol. The topological polar surface area (TPSA) is 43.4 Å². The van der Waals surface area contributed by atoms with Gasteiger partial charge in [-0.1, -0.05) is 35.3 Å². The molecule has 1 heterocycles. The highest BCUT2D eigenvalue weighted by atomic mass is 79.9. The maximum Gasteiger partial charge on any atom is 0.175 e. The van der Waals surface area contributed by atoms with Gasteiger partial charge < -0.3 is 14.8 Å². The number of nitrogens with one attached hydrogen (secondary N) is 1. The van der Waals surface area contributed by atoms with E-state index in [4.69, 9.17) is 32.7 Å². The van der Waals surface area contributed by atoms with Gasteiger partial charge in [0.25, 0.3) is 0 Å². The van der Waals surface area contributed by atoms with Gasteiger partial charge in [0.2, 0.25) is 0 Å². The Kier molecular flexibility index (Phi) is 10.2. The molecule has 3 aromatic rings. The third-order valence-electron chi connectivity index (χ3n) is 4.14. The lowest BCUT2D eigenvalue weighted by Crippen LogP contribution is -2.13. The van der Waals surface area contributed by atoms with E-state index in [1.54, 1.807) is 18.3 Å². The first-order valence-corrected chi connectivity index (χ1v) is 10.7. The lowest BCUT2D eigenvalue weighted by atomic mass is 10.2. The van der Waals surface area contributed by atoms with Gasteiger partial charge in [0.1, 0.15) is 6.61 Å². The number of rotatable bonds is 9. The monoisotopic (exact) mass is 530 g/mol. The van der Waals surface area contributed by atoms with Crippen LogP contribution in [0.5, 0.6) is 11.5 Å². The van der Waals surface area contributed by atoms with Crippen LogP contribution in [0.3, 0.4) is 0 Å². The number of hydrogen-bond acceptors (Lipinski definition) is 4. The molecule has 1 aromatic heterocycles. The van der Waals surface area contributed by atoms with Crippen LogP contribution in [0, 0.1) is 0 Å². The lowest BCUT2D eigenvalue weighted by Gasteiger charge is -2.16. The molecule has 0 saturated carbocycles. The fourth-order valence-corrected chi connectivity index (χ4v) is 3.84. The fourth-order valence-electron chi connectivity index (χ4n) is 2.77. The first-order valence-electron chi connectivity index (χ1n) is 9.18. The van der Waals surface area contributed by atoms with Crippen molar-refractivity contribution in [3.05, 3.63) is 86.1 Å². The summed E-state index contributed by atoms with van der Waals surface area (Å²) < 4.78 is 12.7. The second-order valence-electron chi connectivity index (χ2n) is 6.33. The summed E-state index contributed by atoms with van der Waals surface area (Å²) >= 11 is 15.8. The number of nitrogens with zero attached hydrogens (tertiary/aromatic N) is 1. The molecule has 0 fully saturated rings. The Morgan fingerprint density at radius 2 is 1.83 bits per heavy atom. The van der Waals surface area contributed by atoms with Crippen molar-refractivity contribution in [1.82, 2.24) is 10.3 Å². The van der Waals surface area contributed by atoms with Crippen molar-refractivity contribution in [2.75, 3.05) is 6.61 Å². The summed E-state index contributed by atoms with van der Waals surface area (Å²) in [6, 6.07) is 13.3. The Bertz CT molecular complexity index is 959. The van der Waals surface area contributed by atoms with E-state index in [0.29, 0.717) is 41.3 Å². The van der Waals surface area contributed by atoms with Gasteiger partial charge in [0.15, 0.2) is 11.5 Å². The molecule has 0 amide bonds. The van der Waals surface area contributed by atoms with Crippen molar-refractivity contribution >= 4 is 51.5 Å². The normalized spacial score (nSPS) is 10.4. The predicted octanol–water partition coefficient (Wildman–Crippen LogP) is 6.84. The van der Waals surface area contributed by atoms with Crippen molar-refractivity contribution in [2.24, 2.45) is 0 Å². The molecule has 3 rings (SSSR count). The van der Waals surface area contributed by atoms with Crippen LogP contribution in [-0.4, -0.2) is 11.6 Å². The molecule has 1 N–H and O–H groups in total. The van der Waals surface area contributed by atoms with E-state index in [0.717, 1.165) is 27.7 Å². The quantitative estimate of drug-likeness (QED) is 0.328. The van der Waals surface area contributed by atoms with Crippen molar-refractivity contribution < 1.29 is 9.47 Å². The largest absolute Gasteiger partial charge is 0.490 e. The van der Waals surface area contributed by atoms with Crippen LogP contribution in [0.4, 0.5) is 0 Å². The van der Waals surface area contributed by atoms with E-state index in [2.05, 4.69) is 26.2 Å². The third-order valence-corrected chi connectivity index (χ3v) is 5.31. The van der Waals surface area contributed by atoms with Gasteiger partial charge in [0.05, 0.1) is 11.1 Å². The SMILES string of the molecule is CCOc1cc(CNCc2cccnc2)cc(Br)c1OCc1ccc(Cl)cc1Cl.Cl. The molecule has 0 aliphatic carbocycles. The van der Waals surface area contributed by atoms with Gasteiger partial charge in [-0.2, -0.15) is 0 Å². The maximum atomic E-state index is 6.25. The van der Waals surface area contributed by atoms with Gasteiger partial charge in [-0.3, -0.25) is 4.98 Å². The van der Waals surface area contributed by atoms with Gasteiger partial charge in [-0.25, -0.2) is 0 Å². The molecule has 2 aromatic carbocycles. The van der Waals surface area contributed by atoms with E-state index in [1.807, 2.05) is 43.5 Å². The Hall–Kier alpha value is -1.50. The summed E-state index contributed by atoms with van der Waals surface area (Å²) in [5.41, 5.74) is 3.07. The molecule has 0 spiro atoms. The van der Waals surface area contributed by atoms with Crippen LogP contribution >= 0.6 is 51.5 Å². The number of ether oxygens (including phenoxy) is 2. The molecule has 0 aliphatic rings. The smallest absolute Gasteiger partial charge is 0.175 e. The van der Waals surface area contributed by atoms with Crippen molar-refractivity contribution in [3.8, 4) is 11.5 Å². The molecule has 0 unspecified atom stereocenters. The van der Waals surface area contributed by atoms with Gasteiger partial charge in [-0.05, 0) is 64.3 Å². The molecule has 0 atom stereocenters. The first kappa shape index (κ1) is 24.8. The minimum Gasteiger partial charge on any atom is -0.490 e. The highest BCUT2D eigenvalue weighted by Crippen LogP contribution is 2.38. The standard InChI is InChI=1S/C22H21BrCl2N2O2.ClH/c1-2-28-21-9-16(13-27-12-15-4-3-7-26-11-15)8-19(23)22(21)29-14-17-5-6-18(24)10-20(17)25;/h3-11,27H,2,12-14H2,1H3;1H. The average Bonchev–Trinajstić information content (AvgIpc) is 2.70. The molecule has 0 aliphatic heterocycles. The Balaban J connectivity index is 0.00000320. The Morgan fingerprint density at radius 1 is 1.03 bits per heavy atom. The maximum absolute atomic E-state index is 6.25. The number of pyridine rings is 1. The second-order valence-corrected chi connectivity index (χ2v) is 8.03. The number of halogens is 4. The van der Waals surface area contributed by atoms with Crippen molar-refractivity contribution in [2.45, 2.75) is 26.6 Å². The van der Waals surface area contributed by atoms with E-state index in [-0.39, 0.29) is 12.4 Å². The molecular formula is C22H22BrCl3N2O2. The molecule has 0 radical (unpaired) electrons. The molecular weight excluding hydrogens is 511 g/mol. The number of benzene rings is 2. The van der Waals surface area contributed by atoms with Crippen LogP contribution in [0.25, 0.3) is 0 Å². The minimum atomic E-state index is 0. The van der Waals surface area contributed by atoms with E-state index in [1.165, 1.54) is 0 Å². The lowest BCUT2D eigenvalue weighted by molar-refractivity contribution is 0.267. The highest BCUT2D eigenvalue weighted by molar-refractivity contribution is 9.10. The van der Waals surface area contributed by atoms with Crippen molar-refractivity contribution in [1.29, 1.82) is 0 Å². The molecule has 160 valence electrons. The van der Waals surface area contributed by atoms with Crippen LogP contribution in [0.2, 0.25) is 10.0 Å². The molecule has 30 heavy (non-hydrogen) atoms. The van der Waals surface area contributed by atoms with Gasteiger partial charge >= 0.3 is 0 Å². The Labute approximate surface area is 201 Å². The van der Waals surface area contributed by atoms with Crippen LogP contribution in [-0.2, 0) is 19.7 Å². The highest BCUT2D eigenvalue weighted by Gasteiger charge is 2.13. The van der Waals surface area contributed by atoms with Gasteiger partial charge in [0, 0.05) is 41.1 Å². The Morgan fingerprint density at radius 3 is 2.53 bits per heavy atom. The van der Waals surface area contributed by atoms with Crippen LogP contribution in [0.15, 0.2) is 59.3 Å². The molecule has 4 nitrogen and oxygen atoms in total. The molecule has 0 bridgehead atoms. The number of aromatic nitrogens is 1. The zero-order valence-corrected chi connectivity index (χ0v) is 20.2. The fraction of sp³-hybridized carbons (Fsp3) is 0.227. The minimum absolute atomic E-state index is 0. The zero-order chi connectivity index (χ0) is 20.6. The third kappa shape index (κ3) is 7.03. The second kappa shape index (κ2) is 12.4. The van der Waals surface area contributed by atoms with E-state index >= 15 is 0 Å². The summed E-state index contributed by atoms with van der Waals surface area (Å²) in [5.74, 6) is 1.33. The number of hydrogen-bond donors (Lipinski definition) is 1. The summed E-state index contributed by atoms with van der Waals surface area (Å²) in [7, 11) is 0. The van der Waals surface area contributed by atoms with E-state index in [9.17, 15) is 0 Å². The predicted molar refractivity (Wildman–Crippen MR) is 128 cm³/mol. The molecule has 0 saturated heterocycles. The van der Waals surface area contributed by atoms with Crippen molar-refractivity contribution in [3.63, 3.8) is 0 Å². The van der Waals surface area contributed by atoms with Crippen LogP contribution in [0.1, 0.15) is 23.6 Å². The summed E-state index contributed by atoms with van der Waals surface area (Å²) in [4.78, 5) is 4.13.